The van der Waals surface area contributed by atoms with Crippen molar-refractivity contribution in [2.75, 3.05) is 13.2 Å². The van der Waals surface area contributed by atoms with Gasteiger partial charge in [-0.15, -0.1) is 6.58 Å². The summed E-state index contributed by atoms with van der Waals surface area (Å²) in [5.74, 6) is 0.724. The molecule has 0 spiro atoms. The molecule has 2 aromatic carbocycles. The summed E-state index contributed by atoms with van der Waals surface area (Å²) >= 11 is 10.6. The smallest absolute Gasteiger partial charge is 0.293 e. The molecule has 2 amide bonds. The van der Waals surface area contributed by atoms with Gasteiger partial charge in [-0.1, -0.05) is 35.9 Å². The molecular formula is C22H19BrClNO4S. The van der Waals surface area contributed by atoms with Crippen molar-refractivity contribution in [1.29, 1.82) is 0 Å². The van der Waals surface area contributed by atoms with Gasteiger partial charge in [0, 0.05) is 17.1 Å². The number of rotatable bonds is 8. The molecular weight excluding hydrogens is 490 g/mol. The molecule has 1 aliphatic rings. The van der Waals surface area contributed by atoms with Crippen LogP contribution in [0.5, 0.6) is 11.5 Å². The number of hydrogen-bond acceptors (Lipinski definition) is 5. The van der Waals surface area contributed by atoms with E-state index in [2.05, 4.69) is 22.5 Å². The van der Waals surface area contributed by atoms with Crippen LogP contribution in [0.25, 0.3) is 6.08 Å². The maximum Gasteiger partial charge on any atom is 0.293 e. The van der Waals surface area contributed by atoms with E-state index in [4.69, 9.17) is 21.1 Å². The first kappa shape index (κ1) is 22.5. The molecule has 5 nitrogen and oxygen atoms in total. The Kier molecular flexibility index (Phi) is 7.64. The number of amides is 2. The summed E-state index contributed by atoms with van der Waals surface area (Å²) in [6.45, 7) is 6.35. The standard InChI is InChI=1S/C22H19BrClNO4S/c1-3-9-25-21(26)19(30-22(25)27)12-14-10-16(23)20(18(11-14)28-4-2)29-13-15-7-5-6-8-17(15)24/h3,5-8,10-12H,1,4,9,13H2,2H3/b19-12+. The van der Waals surface area contributed by atoms with Gasteiger partial charge in [0.15, 0.2) is 11.5 Å². The average Bonchev–Trinajstić information content (AvgIpc) is 2.96. The number of hydrogen-bond donors (Lipinski definition) is 0. The fourth-order valence-electron chi connectivity index (χ4n) is 2.78. The Morgan fingerprint density at radius 3 is 2.70 bits per heavy atom. The van der Waals surface area contributed by atoms with Crippen molar-refractivity contribution in [3.63, 3.8) is 0 Å². The fourth-order valence-corrected chi connectivity index (χ4v) is 4.39. The van der Waals surface area contributed by atoms with Crippen LogP contribution in [0, 0.1) is 0 Å². The second-order valence-corrected chi connectivity index (χ2v) is 8.48. The third-order valence-electron chi connectivity index (χ3n) is 4.14. The number of ether oxygens (including phenoxy) is 2. The minimum atomic E-state index is -0.335. The lowest BCUT2D eigenvalue weighted by atomic mass is 10.1. The summed E-state index contributed by atoms with van der Waals surface area (Å²) in [6.07, 6.45) is 3.19. The van der Waals surface area contributed by atoms with Gasteiger partial charge in [0.1, 0.15) is 6.61 Å². The lowest BCUT2D eigenvalue weighted by molar-refractivity contribution is -0.122. The minimum absolute atomic E-state index is 0.185. The van der Waals surface area contributed by atoms with Crippen LogP contribution >= 0.6 is 39.3 Å². The van der Waals surface area contributed by atoms with E-state index >= 15 is 0 Å². The van der Waals surface area contributed by atoms with Gasteiger partial charge in [-0.3, -0.25) is 14.5 Å². The van der Waals surface area contributed by atoms with Crippen LogP contribution in [0.15, 0.2) is 58.4 Å². The quantitative estimate of drug-likeness (QED) is 0.309. The molecule has 0 bridgehead atoms. The van der Waals surface area contributed by atoms with Crippen molar-refractivity contribution in [2.24, 2.45) is 0 Å². The predicted molar refractivity (Wildman–Crippen MR) is 124 cm³/mol. The minimum Gasteiger partial charge on any atom is -0.490 e. The van der Waals surface area contributed by atoms with Crippen LogP contribution in [-0.2, 0) is 11.4 Å². The molecule has 0 aliphatic carbocycles. The Morgan fingerprint density at radius 1 is 1.23 bits per heavy atom. The van der Waals surface area contributed by atoms with E-state index in [-0.39, 0.29) is 24.3 Å². The maximum absolute atomic E-state index is 12.5. The Labute approximate surface area is 192 Å². The molecule has 1 heterocycles. The van der Waals surface area contributed by atoms with Gasteiger partial charge in [-0.25, -0.2) is 0 Å². The highest BCUT2D eigenvalue weighted by Gasteiger charge is 2.34. The largest absolute Gasteiger partial charge is 0.490 e. The molecule has 0 atom stereocenters. The van der Waals surface area contributed by atoms with Gasteiger partial charge in [-0.2, -0.15) is 0 Å². The SMILES string of the molecule is C=CCN1C(=O)S/C(=C/c2cc(Br)c(OCc3ccccc3Cl)c(OCC)c2)C1=O. The van der Waals surface area contributed by atoms with E-state index in [0.29, 0.717) is 38.1 Å². The first-order valence-corrected chi connectivity index (χ1v) is 11.1. The van der Waals surface area contributed by atoms with Gasteiger partial charge in [0.2, 0.25) is 0 Å². The molecule has 0 N–H and O–H groups in total. The number of imide groups is 1. The van der Waals surface area contributed by atoms with Crippen LogP contribution in [0.4, 0.5) is 4.79 Å². The summed E-state index contributed by atoms with van der Waals surface area (Å²) in [5.41, 5.74) is 1.56. The summed E-state index contributed by atoms with van der Waals surface area (Å²) in [7, 11) is 0. The maximum atomic E-state index is 12.5. The van der Waals surface area contributed by atoms with Gasteiger partial charge in [-0.05, 0) is 64.5 Å². The topological polar surface area (TPSA) is 55.8 Å². The summed E-state index contributed by atoms with van der Waals surface area (Å²) in [6, 6.07) is 11.0. The van der Waals surface area contributed by atoms with Gasteiger partial charge in [0.05, 0.1) is 16.0 Å². The normalized spacial score (nSPS) is 15.0. The summed E-state index contributed by atoms with van der Waals surface area (Å²) < 4.78 is 12.4. The molecule has 1 saturated heterocycles. The Morgan fingerprint density at radius 2 is 2.00 bits per heavy atom. The first-order valence-electron chi connectivity index (χ1n) is 9.13. The molecule has 2 aromatic rings. The van der Waals surface area contributed by atoms with Gasteiger partial charge in [0.25, 0.3) is 11.1 Å². The molecule has 8 heteroatoms. The van der Waals surface area contributed by atoms with Crippen molar-refractivity contribution in [3.05, 3.63) is 74.6 Å². The lowest BCUT2D eigenvalue weighted by Crippen LogP contribution is -2.27. The molecule has 0 aromatic heterocycles. The van der Waals surface area contributed by atoms with E-state index < -0.39 is 0 Å². The van der Waals surface area contributed by atoms with E-state index in [9.17, 15) is 9.59 Å². The van der Waals surface area contributed by atoms with Crippen molar-refractivity contribution >= 4 is 56.5 Å². The van der Waals surface area contributed by atoms with Crippen LogP contribution in [0.3, 0.4) is 0 Å². The number of thioether (sulfide) groups is 1. The van der Waals surface area contributed by atoms with Crippen molar-refractivity contribution in [2.45, 2.75) is 13.5 Å². The number of nitrogens with zero attached hydrogens (tertiary/aromatic N) is 1. The van der Waals surface area contributed by atoms with Crippen molar-refractivity contribution in [1.82, 2.24) is 4.90 Å². The molecule has 0 saturated carbocycles. The zero-order valence-electron chi connectivity index (χ0n) is 16.2. The highest BCUT2D eigenvalue weighted by atomic mass is 79.9. The average molecular weight is 509 g/mol. The molecule has 0 radical (unpaired) electrons. The van der Waals surface area contributed by atoms with Crippen molar-refractivity contribution in [3.8, 4) is 11.5 Å². The molecule has 1 aliphatic heterocycles. The fraction of sp³-hybridized carbons (Fsp3) is 0.182. The second kappa shape index (κ2) is 10.2. The highest BCUT2D eigenvalue weighted by Crippen LogP contribution is 2.40. The zero-order chi connectivity index (χ0) is 21.7. The number of carbonyl (C=O) groups excluding carboxylic acids is 2. The van der Waals surface area contributed by atoms with E-state index in [1.807, 2.05) is 31.2 Å². The van der Waals surface area contributed by atoms with Gasteiger partial charge < -0.3 is 9.47 Å². The summed E-state index contributed by atoms with van der Waals surface area (Å²) in [4.78, 5) is 26.0. The molecule has 0 unspecified atom stereocenters. The van der Waals surface area contributed by atoms with Crippen LogP contribution in [0.1, 0.15) is 18.1 Å². The molecule has 30 heavy (non-hydrogen) atoms. The Balaban J connectivity index is 1.88. The Hall–Kier alpha value is -2.22. The monoisotopic (exact) mass is 507 g/mol. The third-order valence-corrected chi connectivity index (χ3v) is 6.01. The van der Waals surface area contributed by atoms with E-state index in [1.165, 1.54) is 6.08 Å². The van der Waals surface area contributed by atoms with Crippen LogP contribution < -0.4 is 9.47 Å². The number of benzene rings is 2. The van der Waals surface area contributed by atoms with Crippen LogP contribution in [0.2, 0.25) is 5.02 Å². The lowest BCUT2D eigenvalue weighted by Gasteiger charge is -2.15. The summed E-state index contributed by atoms with van der Waals surface area (Å²) in [5, 5.41) is 0.313. The number of halogens is 2. The first-order chi connectivity index (χ1) is 14.4. The van der Waals surface area contributed by atoms with Gasteiger partial charge >= 0.3 is 0 Å². The third kappa shape index (κ3) is 5.09. The predicted octanol–water partition coefficient (Wildman–Crippen LogP) is 6.30. The second-order valence-electron chi connectivity index (χ2n) is 6.22. The van der Waals surface area contributed by atoms with E-state index in [0.717, 1.165) is 22.2 Å². The number of carbonyl (C=O) groups is 2. The molecule has 3 rings (SSSR count). The molecule has 156 valence electrons. The van der Waals surface area contributed by atoms with E-state index in [1.54, 1.807) is 18.2 Å². The van der Waals surface area contributed by atoms with Crippen LogP contribution in [-0.4, -0.2) is 29.2 Å². The highest BCUT2D eigenvalue weighted by molar-refractivity contribution is 9.10. The Bertz CT molecular complexity index is 1020. The van der Waals surface area contributed by atoms with Crippen molar-refractivity contribution < 1.29 is 19.1 Å². The zero-order valence-corrected chi connectivity index (χ0v) is 19.4. The molecule has 1 fully saturated rings.